The van der Waals surface area contributed by atoms with Gasteiger partial charge in [0.1, 0.15) is 0 Å². The predicted octanol–water partition coefficient (Wildman–Crippen LogP) is 3.41. The lowest BCUT2D eigenvalue weighted by atomic mass is 9.90. The SMILES string of the molecule is O=C(O)CCCc1ccccc1.O=C=NC1(N=C=O)CCCCC1. The smallest absolute Gasteiger partial charge is 0.303 e. The van der Waals surface area contributed by atoms with Gasteiger partial charge in [0.05, 0.1) is 0 Å². The second-order valence-corrected chi connectivity index (χ2v) is 5.68. The van der Waals surface area contributed by atoms with Gasteiger partial charge in [0, 0.05) is 6.42 Å². The zero-order chi connectivity index (χ0) is 17.7. The third kappa shape index (κ3) is 7.63. The second kappa shape index (κ2) is 11.1. The number of carboxylic acids is 1. The molecule has 0 radical (unpaired) electrons. The van der Waals surface area contributed by atoms with Crippen LogP contribution in [-0.2, 0) is 20.8 Å². The maximum Gasteiger partial charge on any atom is 0.303 e. The van der Waals surface area contributed by atoms with Crippen LogP contribution in [0.15, 0.2) is 40.3 Å². The van der Waals surface area contributed by atoms with Gasteiger partial charge in [0.2, 0.25) is 12.2 Å². The minimum Gasteiger partial charge on any atom is -0.481 e. The lowest BCUT2D eigenvalue weighted by Crippen LogP contribution is -2.26. The summed E-state index contributed by atoms with van der Waals surface area (Å²) in [4.78, 5) is 37.5. The summed E-state index contributed by atoms with van der Waals surface area (Å²) in [6.07, 6.45) is 9.12. The number of isocyanates is 2. The molecule has 0 heterocycles. The molecule has 0 atom stereocenters. The van der Waals surface area contributed by atoms with Crippen LogP contribution in [0.25, 0.3) is 0 Å². The minimum atomic E-state index is -0.818. The van der Waals surface area contributed by atoms with E-state index in [0.29, 0.717) is 12.8 Å². The van der Waals surface area contributed by atoms with Gasteiger partial charge in [-0.15, -0.1) is 0 Å². The molecule has 0 spiro atoms. The van der Waals surface area contributed by atoms with Crippen molar-refractivity contribution in [3.8, 4) is 0 Å². The molecule has 6 nitrogen and oxygen atoms in total. The van der Waals surface area contributed by atoms with Crippen molar-refractivity contribution in [2.24, 2.45) is 9.98 Å². The quantitative estimate of drug-likeness (QED) is 0.638. The fourth-order valence-electron chi connectivity index (χ4n) is 2.62. The Morgan fingerprint density at radius 1 is 1.04 bits per heavy atom. The number of aryl methyl sites for hydroxylation is 1. The van der Waals surface area contributed by atoms with Gasteiger partial charge in [-0.1, -0.05) is 36.8 Å². The summed E-state index contributed by atoms with van der Waals surface area (Å²) in [6, 6.07) is 9.93. The topological polar surface area (TPSA) is 96.2 Å². The lowest BCUT2D eigenvalue weighted by molar-refractivity contribution is -0.137. The highest BCUT2D eigenvalue weighted by molar-refractivity contribution is 5.66. The van der Waals surface area contributed by atoms with E-state index in [1.54, 1.807) is 0 Å². The number of carbonyl (C=O) groups is 1. The molecule has 0 aliphatic heterocycles. The summed E-state index contributed by atoms with van der Waals surface area (Å²) in [5.74, 6) is -0.717. The molecule has 1 aliphatic rings. The van der Waals surface area contributed by atoms with E-state index in [4.69, 9.17) is 5.11 Å². The molecule has 0 amide bonds. The van der Waals surface area contributed by atoms with Gasteiger partial charge in [0.25, 0.3) is 0 Å². The number of hydrogen-bond donors (Lipinski definition) is 1. The molecule has 1 N–H and O–H groups in total. The Bertz CT molecular complexity index is 577. The number of benzene rings is 1. The van der Waals surface area contributed by atoms with E-state index in [-0.39, 0.29) is 6.42 Å². The van der Waals surface area contributed by atoms with E-state index in [0.717, 1.165) is 32.1 Å². The van der Waals surface area contributed by atoms with Crippen molar-refractivity contribution in [3.63, 3.8) is 0 Å². The number of carboxylic acid groups (broad SMARTS) is 1. The molecule has 1 aliphatic carbocycles. The molecular weight excluding hydrogens is 308 g/mol. The Morgan fingerprint density at radius 2 is 1.62 bits per heavy atom. The van der Waals surface area contributed by atoms with Gasteiger partial charge in [0.15, 0.2) is 5.66 Å². The van der Waals surface area contributed by atoms with Crippen molar-refractivity contribution in [2.45, 2.75) is 57.0 Å². The highest BCUT2D eigenvalue weighted by atomic mass is 16.4. The van der Waals surface area contributed by atoms with E-state index >= 15 is 0 Å². The van der Waals surface area contributed by atoms with Gasteiger partial charge >= 0.3 is 5.97 Å². The highest BCUT2D eigenvalue weighted by Gasteiger charge is 2.31. The van der Waals surface area contributed by atoms with E-state index < -0.39 is 11.6 Å². The number of nitrogens with zero attached hydrogens (tertiary/aromatic N) is 2. The Hall–Kier alpha value is -2.55. The molecule has 1 aromatic carbocycles. The molecule has 2 rings (SSSR count). The summed E-state index contributed by atoms with van der Waals surface area (Å²) in [5.41, 5.74) is 0.389. The fourth-order valence-corrected chi connectivity index (χ4v) is 2.62. The fraction of sp³-hybridized carbons (Fsp3) is 0.500. The normalized spacial score (nSPS) is 15.0. The van der Waals surface area contributed by atoms with E-state index in [1.165, 1.54) is 17.7 Å². The van der Waals surface area contributed by atoms with E-state index in [2.05, 4.69) is 9.98 Å². The molecular formula is C18H22N2O4. The van der Waals surface area contributed by atoms with Crippen LogP contribution < -0.4 is 0 Å². The number of carbonyl (C=O) groups excluding carboxylic acids is 2. The third-order valence-corrected chi connectivity index (χ3v) is 3.86. The molecule has 1 saturated carbocycles. The molecule has 128 valence electrons. The van der Waals surface area contributed by atoms with Gasteiger partial charge < -0.3 is 5.11 Å². The van der Waals surface area contributed by atoms with E-state index in [9.17, 15) is 14.4 Å². The van der Waals surface area contributed by atoms with Gasteiger partial charge in [-0.25, -0.2) is 9.59 Å². The first-order valence-corrected chi connectivity index (χ1v) is 8.06. The Kier molecular flexibility index (Phi) is 8.98. The van der Waals surface area contributed by atoms with E-state index in [1.807, 2.05) is 30.3 Å². The summed E-state index contributed by atoms with van der Waals surface area (Å²) in [5, 5.41) is 8.39. The number of aliphatic carboxylic acids is 1. The third-order valence-electron chi connectivity index (χ3n) is 3.86. The standard InChI is InChI=1S/C10H12O2.C8H10N2O2/c11-10(12)8-4-7-9-5-2-1-3-6-9;11-6-9-8(10-7-12)4-2-1-3-5-8/h1-3,5-6H,4,7-8H2,(H,11,12);1-5H2. The predicted molar refractivity (Wildman–Crippen MR) is 89.1 cm³/mol. The average molecular weight is 330 g/mol. The maximum atomic E-state index is 10.2. The monoisotopic (exact) mass is 330 g/mol. The summed E-state index contributed by atoms with van der Waals surface area (Å²) < 4.78 is 0. The van der Waals surface area contributed by atoms with Crippen molar-refractivity contribution in [3.05, 3.63) is 35.9 Å². The number of hydrogen-bond acceptors (Lipinski definition) is 5. The van der Waals surface area contributed by atoms with Crippen molar-refractivity contribution in [2.75, 3.05) is 0 Å². The van der Waals surface area contributed by atoms with Crippen LogP contribution in [0.4, 0.5) is 0 Å². The van der Waals surface area contributed by atoms with Crippen LogP contribution >= 0.6 is 0 Å². The number of rotatable bonds is 6. The maximum absolute atomic E-state index is 10.2. The molecule has 24 heavy (non-hydrogen) atoms. The average Bonchev–Trinajstić information content (AvgIpc) is 2.57. The van der Waals surface area contributed by atoms with Crippen LogP contribution in [-0.4, -0.2) is 28.9 Å². The Morgan fingerprint density at radius 3 is 2.12 bits per heavy atom. The largest absolute Gasteiger partial charge is 0.481 e. The summed E-state index contributed by atoms with van der Waals surface area (Å²) in [6.45, 7) is 0. The minimum absolute atomic E-state index is 0.259. The molecule has 1 aromatic rings. The molecule has 0 unspecified atom stereocenters. The first-order valence-electron chi connectivity index (χ1n) is 8.06. The van der Waals surface area contributed by atoms with Crippen molar-refractivity contribution in [1.29, 1.82) is 0 Å². The van der Waals surface area contributed by atoms with Crippen LogP contribution in [0.2, 0.25) is 0 Å². The summed E-state index contributed by atoms with van der Waals surface area (Å²) >= 11 is 0. The lowest BCUT2D eigenvalue weighted by Gasteiger charge is -2.25. The van der Waals surface area contributed by atoms with Crippen LogP contribution in [0, 0.1) is 0 Å². The molecule has 0 bridgehead atoms. The zero-order valence-corrected chi connectivity index (χ0v) is 13.6. The molecule has 0 saturated heterocycles. The van der Waals surface area contributed by atoms with Gasteiger partial charge in [-0.3, -0.25) is 4.79 Å². The number of aliphatic imine (C=N–C) groups is 2. The van der Waals surface area contributed by atoms with Crippen molar-refractivity contribution >= 4 is 18.1 Å². The first kappa shape index (κ1) is 19.5. The van der Waals surface area contributed by atoms with Gasteiger partial charge in [-0.2, -0.15) is 9.98 Å². The Balaban J connectivity index is 0.000000240. The van der Waals surface area contributed by atoms with Crippen LogP contribution in [0.5, 0.6) is 0 Å². The molecule has 6 heteroatoms. The first-order chi connectivity index (χ1) is 11.6. The van der Waals surface area contributed by atoms with Crippen molar-refractivity contribution in [1.82, 2.24) is 0 Å². The van der Waals surface area contributed by atoms with Gasteiger partial charge in [-0.05, 0) is 44.1 Å². The summed E-state index contributed by atoms with van der Waals surface area (Å²) in [7, 11) is 0. The van der Waals surface area contributed by atoms with Crippen LogP contribution in [0.1, 0.15) is 50.5 Å². The Labute approximate surface area is 141 Å². The second-order valence-electron chi connectivity index (χ2n) is 5.68. The molecule has 0 aromatic heterocycles. The van der Waals surface area contributed by atoms with Crippen LogP contribution in [0.3, 0.4) is 0 Å². The zero-order valence-electron chi connectivity index (χ0n) is 13.6. The molecule has 1 fully saturated rings. The van der Waals surface area contributed by atoms with Crippen molar-refractivity contribution < 1.29 is 19.5 Å². The highest BCUT2D eigenvalue weighted by Crippen LogP contribution is 2.32.